The van der Waals surface area contributed by atoms with Gasteiger partial charge in [0.1, 0.15) is 11.4 Å². The van der Waals surface area contributed by atoms with Gasteiger partial charge in [-0.25, -0.2) is 14.8 Å². The van der Waals surface area contributed by atoms with E-state index in [0.717, 1.165) is 12.1 Å². The number of carboxylic acid groups (broad SMARTS) is 1. The van der Waals surface area contributed by atoms with Crippen molar-refractivity contribution in [3.63, 3.8) is 0 Å². The van der Waals surface area contributed by atoms with E-state index in [4.69, 9.17) is 10.8 Å². The Morgan fingerprint density at radius 2 is 1.95 bits per heavy atom. The Morgan fingerprint density at radius 1 is 1.29 bits per heavy atom. The minimum Gasteiger partial charge on any atom is -0.477 e. The van der Waals surface area contributed by atoms with E-state index in [0.29, 0.717) is 0 Å². The Hall–Kier alpha value is -2.64. The number of aromatic carboxylic acids is 1. The van der Waals surface area contributed by atoms with Gasteiger partial charge in [-0.05, 0) is 19.1 Å². The predicted octanol–water partition coefficient (Wildman–Crippen LogP) is 2.75. The highest BCUT2D eigenvalue weighted by Crippen LogP contribution is 2.31. The first kappa shape index (κ1) is 14.8. The summed E-state index contributed by atoms with van der Waals surface area (Å²) in [6.07, 6.45) is -4.49. The molecule has 0 aliphatic rings. The zero-order valence-electron chi connectivity index (χ0n) is 10.8. The van der Waals surface area contributed by atoms with E-state index in [1.165, 1.54) is 19.1 Å². The van der Waals surface area contributed by atoms with Crippen LogP contribution in [0, 0.1) is 6.92 Å². The van der Waals surface area contributed by atoms with Gasteiger partial charge in [0.2, 0.25) is 0 Å². The van der Waals surface area contributed by atoms with E-state index in [1.54, 1.807) is 0 Å². The van der Waals surface area contributed by atoms with Crippen LogP contribution in [0.15, 0.2) is 24.3 Å². The second kappa shape index (κ2) is 5.04. The molecule has 0 amide bonds. The van der Waals surface area contributed by atoms with E-state index in [-0.39, 0.29) is 28.5 Å². The maximum atomic E-state index is 12.7. The third-order valence-corrected chi connectivity index (χ3v) is 2.78. The summed E-state index contributed by atoms with van der Waals surface area (Å²) in [4.78, 5) is 18.6. The highest BCUT2D eigenvalue weighted by Gasteiger charge is 2.30. The number of alkyl halides is 3. The molecule has 1 aromatic carbocycles. The SMILES string of the molecule is Cc1nc(-c2cccc(C(F)(F)F)c2)nc(N)c1C(=O)O. The normalized spacial score (nSPS) is 11.4. The summed E-state index contributed by atoms with van der Waals surface area (Å²) in [6, 6.07) is 4.42. The molecule has 0 bridgehead atoms. The van der Waals surface area contributed by atoms with Gasteiger partial charge in [-0.2, -0.15) is 13.2 Å². The van der Waals surface area contributed by atoms with E-state index < -0.39 is 17.7 Å². The summed E-state index contributed by atoms with van der Waals surface area (Å²) in [6.45, 7) is 1.40. The van der Waals surface area contributed by atoms with Crippen molar-refractivity contribution in [2.24, 2.45) is 0 Å². The molecule has 0 atom stereocenters. The van der Waals surface area contributed by atoms with Crippen molar-refractivity contribution in [2.75, 3.05) is 5.73 Å². The number of hydrogen-bond acceptors (Lipinski definition) is 4. The van der Waals surface area contributed by atoms with Crippen molar-refractivity contribution in [1.29, 1.82) is 0 Å². The number of hydrogen-bond donors (Lipinski definition) is 2. The molecule has 0 radical (unpaired) electrons. The van der Waals surface area contributed by atoms with Crippen molar-refractivity contribution >= 4 is 11.8 Å². The van der Waals surface area contributed by atoms with Crippen LogP contribution in [0.5, 0.6) is 0 Å². The lowest BCUT2D eigenvalue weighted by Crippen LogP contribution is -2.10. The number of aryl methyl sites for hydroxylation is 1. The van der Waals surface area contributed by atoms with Gasteiger partial charge in [-0.3, -0.25) is 0 Å². The second-order valence-corrected chi connectivity index (χ2v) is 4.28. The quantitative estimate of drug-likeness (QED) is 0.889. The van der Waals surface area contributed by atoms with Crippen LogP contribution in [0.4, 0.5) is 19.0 Å². The minimum atomic E-state index is -4.49. The number of benzene rings is 1. The maximum Gasteiger partial charge on any atom is 0.416 e. The fourth-order valence-electron chi connectivity index (χ4n) is 1.82. The first-order valence-electron chi connectivity index (χ1n) is 5.75. The minimum absolute atomic E-state index is 0.0545. The van der Waals surface area contributed by atoms with Gasteiger partial charge >= 0.3 is 12.1 Å². The lowest BCUT2D eigenvalue weighted by atomic mass is 10.1. The molecule has 0 unspecified atom stereocenters. The molecule has 0 saturated heterocycles. The monoisotopic (exact) mass is 297 g/mol. The van der Waals surface area contributed by atoms with Gasteiger partial charge in [-0.1, -0.05) is 12.1 Å². The molecule has 0 spiro atoms. The number of nitrogens with two attached hydrogens (primary N) is 1. The summed E-state index contributed by atoms with van der Waals surface area (Å²) in [5.74, 6) is -1.64. The predicted molar refractivity (Wildman–Crippen MR) is 68.6 cm³/mol. The summed E-state index contributed by atoms with van der Waals surface area (Å²) in [5.41, 5.74) is 4.62. The van der Waals surface area contributed by atoms with Crippen molar-refractivity contribution in [2.45, 2.75) is 13.1 Å². The first-order chi connectivity index (χ1) is 9.70. The third-order valence-electron chi connectivity index (χ3n) is 2.78. The topological polar surface area (TPSA) is 89.1 Å². The second-order valence-electron chi connectivity index (χ2n) is 4.28. The standard InChI is InChI=1S/C13H10F3N3O2/c1-6-9(12(20)21)10(17)19-11(18-6)7-3-2-4-8(5-7)13(14,15)16/h2-5H,1H3,(H,20,21)(H2,17,18,19). The molecule has 1 heterocycles. The van der Waals surface area contributed by atoms with Crippen LogP contribution in [-0.4, -0.2) is 21.0 Å². The van der Waals surface area contributed by atoms with Crippen molar-refractivity contribution in [3.8, 4) is 11.4 Å². The number of halogens is 3. The molecule has 0 aliphatic carbocycles. The number of carbonyl (C=O) groups is 1. The molecule has 5 nitrogen and oxygen atoms in total. The summed E-state index contributed by atoms with van der Waals surface area (Å²) < 4.78 is 38.0. The summed E-state index contributed by atoms with van der Waals surface area (Å²) in [7, 11) is 0. The van der Waals surface area contributed by atoms with Gasteiger partial charge in [-0.15, -0.1) is 0 Å². The Kier molecular flexibility index (Phi) is 3.54. The number of nitrogens with zero attached hydrogens (tertiary/aromatic N) is 2. The Morgan fingerprint density at radius 3 is 2.48 bits per heavy atom. The van der Waals surface area contributed by atoms with Crippen LogP contribution in [0.2, 0.25) is 0 Å². The fraction of sp³-hybridized carbons (Fsp3) is 0.154. The van der Waals surface area contributed by atoms with Gasteiger partial charge in [0.15, 0.2) is 5.82 Å². The van der Waals surface area contributed by atoms with Gasteiger partial charge in [0.25, 0.3) is 0 Å². The highest BCUT2D eigenvalue weighted by molar-refractivity contribution is 5.94. The Labute approximate surface area is 117 Å². The number of nitrogen functional groups attached to an aromatic ring is 1. The fourth-order valence-corrected chi connectivity index (χ4v) is 1.82. The highest BCUT2D eigenvalue weighted by atomic mass is 19.4. The first-order valence-corrected chi connectivity index (χ1v) is 5.75. The zero-order chi connectivity index (χ0) is 15.8. The maximum absolute atomic E-state index is 12.7. The number of anilines is 1. The van der Waals surface area contributed by atoms with Crippen LogP contribution in [-0.2, 0) is 6.18 Å². The number of aromatic nitrogens is 2. The summed E-state index contributed by atoms with van der Waals surface area (Å²) >= 11 is 0. The van der Waals surface area contributed by atoms with Gasteiger partial charge in [0, 0.05) is 5.56 Å². The van der Waals surface area contributed by atoms with E-state index >= 15 is 0 Å². The molecule has 3 N–H and O–H groups in total. The molecule has 0 aliphatic heterocycles. The lowest BCUT2D eigenvalue weighted by Gasteiger charge is -2.10. The molecular formula is C13H10F3N3O2. The van der Waals surface area contributed by atoms with Crippen molar-refractivity contribution in [1.82, 2.24) is 9.97 Å². The summed E-state index contributed by atoms with van der Waals surface area (Å²) in [5, 5.41) is 8.95. The molecule has 8 heteroatoms. The smallest absolute Gasteiger partial charge is 0.416 e. The van der Waals surface area contributed by atoms with Gasteiger partial charge in [0.05, 0.1) is 11.3 Å². The van der Waals surface area contributed by atoms with E-state index in [2.05, 4.69) is 9.97 Å². The van der Waals surface area contributed by atoms with Crippen molar-refractivity contribution < 1.29 is 23.1 Å². The average molecular weight is 297 g/mol. The molecule has 2 aromatic rings. The number of carboxylic acids is 1. The number of rotatable bonds is 2. The van der Waals surface area contributed by atoms with Crippen LogP contribution < -0.4 is 5.73 Å². The van der Waals surface area contributed by atoms with Crippen LogP contribution in [0.3, 0.4) is 0 Å². The Balaban J connectivity index is 2.56. The average Bonchev–Trinajstić information content (AvgIpc) is 2.36. The van der Waals surface area contributed by atoms with Crippen LogP contribution in [0.1, 0.15) is 21.6 Å². The van der Waals surface area contributed by atoms with E-state index in [1.807, 2.05) is 0 Å². The van der Waals surface area contributed by atoms with Crippen LogP contribution >= 0.6 is 0 Å². The third kappa shape index (κ3) is 2.93. The molecule has 0 fully saturated rings. The van der Waals surface area contributed by atoms with Crippen molar-refractivity contribution in [3.05, 3.63) is 41.1 Å². The molecule has 110 valence electrons. The Bertz CT molecular complexity index is 691. The van der Waals surface area contributed by atoms with Gasteiger partial charge < -0.3 is 10.8 Å². The molecule has 1 aromatic heterocycles. The van der Waals surface area contributed by atoms with Crippen LogP contribution in [0.25, 0.3) is 11.4 Å². The molecular weight excluding hydrogens is 287 g/mol. The molecule has 21 heavy (non-hydrogen) atoms. The lowest BCUT2D eigenvalue weighted by molar-refractivity contribution is -0.137. The largest absolute Gasteiger partial charge is 0.477 e. The molecule has 2 rings (SSSR count). The molecule has 0 saturated carbocycles. The zero-order valence-corrected chi connectivity index (χ0v) is 10.8. The van der Waals surface area contributed by atoms with E-state index in [9.17, 15) is 18.0 Å².